The number of rotatable bonds is 4. The van der Waals surface area contributed by atoms with Crippen molar-refractivity contribution in [2.75, 3.05) is 25.2 Å². The van der Waals surface area contributed by atoms with Crippen LogP contribution < -0.4 is 0 Å². The summed E-state index contributed by atoms with van der Waals surface area (Å²) in [6, 6.07) is 2.41. The molecule has 0 N–H and O–H groups in total. The van der Waals surface area contributed by atoms with Crippen LogP contribution in [0.5, 0.6) is 0 Å². The molecule has 0 saturated carbocycles. The van der Waals surface area contributed by atoms with Gasteiger partial charge in [0.15, 0.2) is 16.4 Å². The molecule has 2 rings (SSSR count). The molecule has 1 aliphatic rings. The Balaban J connectivity index is 1.99. The molecule has 1 aromatic carbocycles. The van der Waals surface area contributed by atoms with Crippen LogP contribution in [0.2, 0.25) is 15.1 Å². The minimum absolute atomic E-state index is 0.0444. The number of carbonyl (C=O) groups is 2. The van der Waals surface area contributed by atoms with Crippen molar-refractivity contribution in [3.8, 4) is 0 Å². The average molecular weight is 415 g/mol. The molecule has 1 saturated heterocycles. The summed E-state index contributed by atoms with van der Waals surface area (Å²) in [5.41, 5.74) is -0.121. The van der Waals surface area contributed by atoms with Gasteiger partial charge in [-0.3, -0.25) is 4.79 Å². The molecule has 6 nitrogen and oxygen atoms in total. The largest absolute Gasteiger partial charge is 0.452 e. The standard InChI is InChI=1S/C14H14Cl3NO5S/c1-18(8-4-5-24(21,22)7-8)11(19)6-23-14(20)12-9(15)2-3-10(16)13(12)17/h2-3,8H,4-7H2,1H3. The number of ether oxygens (including phenoxy) is 1. The maximum Gasteiger partial charge on any atom is 0.341 e. The molecule has 1 aliphatic heterocycles. The molecule has 0 bridgehead atoms. The fourth-order valence-corrected chi connectivity index (χ4v) is 4.76. The van der Waals surface area contributed by atoms with Crippen LogP contribution in [0.3, 0.4) is 0 Å². The first-order valence-electron chi connectivity index (χ1n) is 6.89. The Morgan fingerprint density at radius 3 is 2.46 bits per heavy atom. The Morgan fingerprint density at radius 1 is 1.25 bits per heavy atom. The van der Waals surface area contributed by atoms with E-state index < -0.39 is 34.4 Å². The second kappa shape index (κ2) is 7.47. The van der Waals surface area contributed by atoms with Crippen molar-refractivity contribution in [1.29, 1.82) is 0 Å². The normalized spacial score (nSPS) is 19.1. The maximum atomic E-state index is 12.1. The van der Waals surface area contributed by atoms with Gasteiger partial charge in [0.1, 0.15) is 0 Å². The van der Waals surface area contributed by atoms with E-state index in [2.05, 4.69) is 0 Å². The van der Waals surface area contributed by atoms with Crippen LogP contribution in [-0.2, 0) is 19.4 Å². The van der Waals surface area contributed by atoms with Gasteiger partial charge in [-0.2, -0.15) is 0 Å². The van der Waals surface area contributed by atoms with Crippen molar-refractivity contribution in [2.45, 2.75) is 12.5 Å². The quantitative estimate of drug-likeness (QED) is 0.558. The van der Waals surface area contributed by atoms with Crippen molar-refractivity contribution in [3.05, 3.63) is 32.8 Å². The summed E-state index contributed by atoms with van der Waals surface area (Å²) >= 11 is 17.7. The van der Waals surface area contributed by atoms with E-state index in [1.165, 1.54) is 24.1 Å². The summed E-state index contributed by atoms with van der Waals surface area (Å²) < 4.78 is 27.9. The highest BCUT2D eigenvalue weighted by Gasteiger charge is 2.33. The molecule has 24 heavy (non-hydrogen) atoms. The third kappa shape index (κ3) is 4.33. The molecule has 132 valence electrons. The third-order valence-electron chi connectivity index (χ3n) is 3.72. The maximum absolute atomic E-state index is 12.1. The number of esters is 1. The van der Waals surface area contributed by atoms with E-state index >= 15 is 0 Å². The smallest absolute Gasteiger partial charge is 0.341 e. The van der Waals surface area contributed by atoms with Gasteiger partial charge in [0.05, 0.1) is 32.1 Å². The zero-order chi connectivity index (χ0) is 18.1. The van der Waals surface area contributed by atoms with Gasteiger partial charge in [-0.05, 0) is 18.6 Å². The number of likely N-dealkylation sites (N-methyl/N-ethyl adjacent to an activating group) is 1. The van der Waals surface area contributed by atoms with E-state index in [1.54, 1.807) is 0 Å². The molecule has 1 aromatic rings. The molecule has 1 amide bonds. The number of nitrogens with zero attached hydrogens (tertiary/aromatic N) is 1. The van der Waals surface area contributed by atoms with Crippen LogP contribution in [0.4, 0.5) is 0 Å². The lowest BCUT2D eigenvalue weighted by molar-refractivity contribution is -0.134. The number of amides is 1. The van der Waals surface area contributed by atoms with Gasteiger partial charge in [-0.25, -0.2) is 13.2 Å². The predicted molar refractivity (Wildman–Crippen MR) is 91.6 cm³/mol. The lowest BCUT2D eigenvalue weighted by atomic mass is 10.2. The summed E-state index contributed by atoms with van der Waals surface area (Å²) in [6.07, 6.45) is 0.366. The molecule has 1 fully saturated rings. The monoisotopic (exact) mass is 413 g/mol. The van der Waals surface area contributed by atoms with Crippen LogP contribution >= 0.6 is 34.8 Å². The van der Waals surface area contributed by atoms with E-state index in [-0.39, 0.29) is 32.1 Å². The van der Waals surface area contributed by atoms with Gasteiger partial charge in [0.2, 0.25) is 0 Å². The summed E-state index contributed by atoms with van der Waals surface area (Å²) in [6.45, 7) is -0.551. The molecule has 0 aromatic heterocycles. The Morgan fingerprint density at radius 2 is 1.88 bits per heavy atom. The third-order valence-corrected chi connectivity index (χ3v) is 6.59. The van der Waals surface area contributed by atoms with E-state index in [0.717, 1.165) is 0 Å². The summed E-state index contributed by atoms with van der Waals surface area (Å²) in [4.78, 5) is 25.4. The molecular weight excluding hydrogens is 401 g/mol. The van der Waals surface area contributed by atoms with Crippen LogP contribution in [0.15, 0.2) is 12.1 Å². The van der Waals surface area contributed by atoms with Gasteiger partial charge < -0.3 is 9.64 Å². The Kier molecular flexibility index (Phi) is 6.01. The Hall–Kier alpha value is -1.02. The fourth-order valence-electron chi connectivity index (χ4n) is 2.30. The second-order valence-electron chi connectivity index (χ2n) is 5.36. The van der Waals surface area contributed by atoms with Gasteiger partial charge in [-0.15, -0.1) is 0 Å². The molecule has 1 atom stereocenters. The van der Waals surface area contributed by atoms with Crippen LogP contribution in [0.25, 0.3) is 0 Å². The van der Waals surface area contributed by atoms with E-state index in [9.17, 15) is 18.0 Å². The fraction of sp³-hybridized carbons (Fsp3) is 0.429. The lowest BCUT2D eigenvalue weighted by Crippen LogP contribution is -2.40. The molecule has 0 radical (unpaired) electrons. The van der Waals surface area contributed by atoms with Gasteiger partial charge in [-0.1, -0.05) is 34.8 Å². The molecule has 10 heteroatoms. The number of hydrogen-bond acceptors (Lipinski definition) is 5. The topological polar surface area (TPSA) is 80.8 Å². The molecule has 1 unspecified atom stereocenters. The number of sulfone groups is 1. The van der Waals surface area contributed by atoms with Gasteiger partial charge in [0.25, 0.3) is 5.91 Å². The Bertz CT molecular complexity index is 781. The number of carbonyl (C=O) groups excluding carboxylic acids is 2. The van der Waals surface area contributed by atoms with Crippen molar-refractivity contribution in [2.24, 2.45) is 0 Å². The summed E-state index contributed by atoms with van der Waals surface area (Å²) in [5, 5.41) is 0.126. The van der Waals surface area contributed by atoms with Crippen molar-refractivity contribution in [1.82, 2.24) is 4.90 Å². The second-order valence-corrected chi connectivity index (χ2v) is 8.78. The number of benzene rings is 1. The van der Waals surface area contributed by atoms with Gasteiger partial charge in [0, 0.05) is 13.1 Å². The predicted octanol–water partition coefficient (Wildman–Crippen LogP) is 2.45. The van der Waals surface area contributed by atoms with Crippen molar-refractivity contribution >= 4 is 56.5 Å². The van der Waals surface area contributed by atoms with Crippen LogP contribution in [-0.4, -0.2) is 56.4 Å². The highest BCUT2D eigenvalue weighted by atomic mass is 35.5. The van der Waals surface area contributed by atoms with E-state index in [1.807, 2.05) is 0 Å². The van der Waals surface area contributed by atoms with E-state index in [4.69, 9.17) is 39.5 Å². The summed E-state index contributed by atoms with van der Waals surface area (Å²) in [7, 11) is -1.64. The van der Waals surface area contributed by atoms with Crippen molar-refractivity contribution < 1.29 is 22.7 Å². The lowest BCUT2D eigenvalue weighted by Gasteiger charge is -2.23. The van der Waals surface area contributed by atoms with Gasteiger partial charge >= 0.3 is 5.97 Å². The first kappa shape index (κ1) is 19.3. The first-order valence-corrected chi connectivity index (χ1v) is 9.84. The highest BCUT2D eigenvalue weighted by Crippen LogP contribution is 2.31. The summed E-state index contributed by atoms with van der Waals surface area (Å²) in [5.74, 6) is -1.44. The number of hydrogen-bond donors (Lipinski definition) is 0. The molecular formula is C14H14Cl3NO5S. The molecule has 0 aliphatic carbocycles. The zero-order valence-electron chi connectivity index (χ0n) is 12.6. The van der Waals surface area contributed by atoms with Crippen LogP contribution in [0.1, 0.15) is 16.8 Å². The minimum atomic E-state index is -3.12. The Labute approximate surface area is 154 Å². The zero-order valence-corrected chi connectivity index (χ0v) is 15.7. The van der Waals surface area contributed by atoms with E-state index in [0.29, 0.717) is 6.42 Å². The SMILES string of the molecule is CN(C(=O)COC(=O)c1c(Cl)ccc(Cl)c1Cl)C1CCS(=O)(=O)C1. The average Bonchev–Trinajstić information content (AvgIpc) is 2.88. The number of halogens is 3. The highest BCUT2D eigenvalue weighted by molar-refractivity contribution is 7.91. The van der Waals surface area contributed by atoms with Crippen LogP contribution in [0, 0.1) is 0 Å². The van der Waals surface area contributed by atoms with Crippen molar-refractivity contribution in [3.63, 3.8) is 0 Å². The minimum Gasteiger partial charge on any atom is -0.452 e. The first-order chi connectivity index (χ1) is 11.1. The molecule has 0 spiro atoms. The molecule has 1 heterocycles.